The number of aryl methyl sites for hydroxylation is 1. The van der Waals surface area contributed by atoms with Crippen molar-refractivity contribution in [1.29, 1.82) is 0 Å². The van der Waals surface area contributed by atoms with Gasteiger partial charge in [0.05, 0.1) is 12.6 Å². The van der Waals surface area contributed by atoms with Gasteiger partial charge in [0.15, 0.2) is 0 Å². The predicted molar refractivity (Wildman–Crippen MR) is 128 cm³/mol. The number of rotatable bonds is 8. The fourth-order valence-corrected chi connectivity index (χ4v) is 5.21. The molecule has 3 heterocycles. The van der Waals surface area contributed by atoms with E-state index in [-0.39, 0.29) is 35.9 Å². The summed E-state index contributed by atoms with van der Waals surface area (Å²) in [7, 11) is 0. The third-order valence-electron chi connectivity index (χ3n) is 7.33. The van der Waals surface area contributed by atoms with Crippen LogP contribution in [0.1, 0.15) is 48.0 Å². The number of benzene rings is 1. The normalized spacial score (nSPS) is 21.5. The van der Waals surface area contributed by atoms with Crippen molar-refractivity contribution in [3.8, 4) is 11.6 Å². The SMILES string of the molecule is O=C(CCc1ccc(OC(F)(F)F)cc1)N1C[C@H]2CCCN(C(=O)c3cccnc3OCC3CC3)[C@H]2C1. The van der Waals surface area contributed by atoms with E-state index in [2.05, 4.69) is 9.72 Å². The number of carbonyl (C=O) groups excluding carboxylic acids is 2. The van der Waals surface area contributed by atoms with Gasteiger partial charge in [-0.2, -0.15) is 0 Å². The van der Waals surface area contributed by atoms with Crippen molar-refractivity contribution >= 4 is 11.8 Å². The van der Waals surface area contributed by atoms with Gasteiger partial charge in [-0.3, -0.25) is 9.59 Å². The highest BCUT2D eigenvalue weighted by Gasteiger charge is 2.43. The minimum Gasteiger partial charge on any atom is -0.477 e. The molecule has 2 aliphatic heterocycles. The van der Waals surface area contributed by atoms with Crippen LogP contribution in [0, 0.1) is 11.8 Å². The van der Waals surface area contributed by atoms with Gasteiger partial charge >= 0.3 is 6.36 Å². The number of hydrogen-bond acceptors (Lipinski definition) is 5. The van der Waals surface area contributed by atoms with Crippen LogP contribution in [0.2, 0.25) is 0 Å². The average molecular weight is 518 g/mol. The van der Waals surface area contributed by atoms with E-state index in [1.165, 1.54) is 24.3 Å². The summed E-state index contributed by atoms with van der Waals surface area (Å²) in [6.07, 6.45) is 1.68. The van der Waals surface area contributed by atoms with Crippen LogP contribution >= 0.6 is 0 Å². The van der Waals surface area contributed by atoms with Gasteiger partial charge in [-0.25, -0.2) is 4.98 Å². The number of pyridine rings is 1. The van der Waals surface area contributed by atoms with E-state index in [1.54, 1.807) is 18.3 Å². The second-order valence-corrected chi connectivity index (χ2v) is 10.1. The number of alkyl halides is 3. The Hall–Kier alpha value is -3.30. The lowest BCUT2D eigenvalue weighted by atomic mass is 9.91. The van der Waals surface area contributed by atoms with E-state index >= 15 is 0 Å². The lowest BCUT2D eigenvalue weighted by Gasteiger charge is -2.37. The predicted octanol–water partition coefficient (Wildman–Crippen LogP) is 4.46. The highest BCUT2D eigenvalue weighted by atomic mass is 19.4. The number of halogens is 3. The molecule has 198 valence electrons. The first kappa shape index (κ1) is 25.4. The fourth-order valence-electron chi connectivity index (χ4n) is 5.21. The fraction of sp³-hybridized carbons (Fsp3) is 0.519. The minimum atomic E-state index is -4.73. The zero-order valence-corrected chi connectivity index (χ0v) is 20.5. The number of nitrogens with zero attached hydrogens (tertiary/aromatic N) is 3. The summed E-state index contributed by atoms with van der Waals surface area (Å²) >= 11 is 0. The molecular weight excluding hydrogens is 487 g/mol. The van der Waals surface area contributed by atoms with Crippen LogP contribution in [-0.2, 0) is 11.2 Å². The molecule has 2 atom stereocenters. The molecule has 2 saturated heterocycles. The summed E-state index contributed by atoms with van der Waals surface area (Å²) in [6.45, 7) is 2.28. The largest absolute Gasteiger partial charge is 0.573 e. The Labute approximate surface area is 213 Å². The van der Waals surface area contributed by atoms with E-state index < -0.39 is 6.36 Å². The maximum atomic E-state index is 13.5. The smallest absolute Gasteiger partial charge is 0.477 e. The van der Waals surface area contributed by atoms with E-state index in [0.29, 0.717) is 50.0 Å². The zero-order chi connectivity index (χ0) is 26.0. The molecule has 0 bridgehead atoms. The number of amides is 2. The van der Waals surface area contributed by atoms with Crippen molar-refractivity contribution < 1.29 is 32.2 Å². The summed E-state index contributed by atoms with van der Waals surface area (Å²) < 4.78 is 46.8. The Morgan fingerprint density at radius 3 is 2.57 bits per heavy atom. The van der Waals surface area contributed by atoms with Crippen LogP contribution < -0.4 is 9.47 Å². The van der Waals surface area contributed by atoms with Crippen molar-refractivity contribution in [3.05, 3.63) is 53.7 Å². The molecule has 7 nitrogen and oxygen atoms in total. The van der Waals surface area contributed by atoms with Gasteiger partial charge in [0.2, 0.25) is 11.8 Å². The van der Waals surface area contributed by atoms with Gasteiger partial charge < -0.3 is 19.3 Å². The molecule has 5 rings (SSSR count). The van der Waals surface area contributed by atoms with Crippen molar-refractivity contribution in [3.63, 3.8) is 0 Å². The number of carbonyl (C=O) groups is 2. The first-order chi connectivity index (χ1) is 17.8. The zero-order valence-electron chi connectivity index (χ0n) is 20.5. The first-order valence-electron chi connectivity index (χ1n) is 12.8. The van der Waals surface area contributed by atoms with Crippen LogP contribution in [0.5, 0.6) is 11.6 Å². The second-order valence-electron chi connectivity index (χ2n) is 10.1. The van der Waals surface area contributed by atoms with E-state index in [9.17, 15) is 22.8 Å². The third-order valence-corrected chi connectivity index (χ3v) is 7.33. The minimum absolute atomic E-state index is 0.0211. The molecule has 2 amide bonds. The standard InChI is InChI=1S/C27H30F3N3O4/c28-27(29,30)37-21-10-7-18(8-11-21)9-12-24(34)32-15-20-3-2-14-33(23(20)16-32)26(35)22-4-1-13-31-25(22)36-17-19-5-6-19/h1,4,7-8,10-11,13,19-20,23H,2-3,5-6,9,12,14-17H2/t20-,23+/m1/s1. The topological polar surface area (TPSA) is 72.0 Å². The van der Waals surface area contributed by atoms with Gasteiger partial charge in [0.1, 0.15) is 11.3 Å². The molecule has 37 heavy (non-hydrogen) atoms. The molecule has 0 N–H and O–H groups in total. The van der Waals surface area contributed by atoms with Gasteiger partial charge in [-0.1, -0.05) is 12.1 Å². The van der Waals surface area contributed by atoms with Crippen LogP contribution in [0.3, 0.4) is 0 Å². The van der Waals surface area contributed by atoms with Crippen LogP contribution in [-0.4, -0.2) is 65.2 Å². The lowest BCUT2D eigenvalue weighted by Crippen LogP contribution is -2.48. The van der Waals surface area contributed by atoms with Crippen molar-refractivity contribution in [2.45, 2.75) is 50.9 Å². The molecule has 2 aromatic rings. The van der Waals surface area contributed by atoms with Crippen LogP contribution in [0.25, 0.3) is 0 Å². The highest BCUT2D eigenvalue weighted by Crippen LogP contribution is 2.34. The Kier molecular flexibility index (Phi) is 7.26. The first-order valence-corrected chi connectivity index (χ1v) is 12.8. The summed E-state index contributed by atoms with van der Waals surface area (Å²) in [5.74, 6) is 0.721. The van der Waals surface area contributed by atoms with Crippen molar-refractivity contribution in [2.75, 3.05) is 26.2 Å². The molecule has 3 fully saturated rings. The highest BCUT2D eigenvalue weighted by molar-refractivity contribution is 5.96. The number of aromatic nitrogens is 1. The monoisotopic (exact) mass is 517 g/mol. The van der Waals surface area contributed by atoms with E-state index in [0.717, 1.165) is 31.2 Å². The lowest BCUT2D eigenvalue weighted by molar-refractivity contribution is -0.274. The molecule has 10 heteroatoms. The Morgan fingerprint density at radius 1 is 1.05 bits per heavy atom. The van der Waals surface area contributed by atoms with Gasteiger partial charge in [-0.15, -0.1) is 13.2 Å². The summed E-state index contributed by atoms with van der Waals surface area (Å²) in [4.78, 5) is 34.5. The number of fused-ring (bicyclic) bond motifs is 1. The van der Waals surface area contributed by atoms with Gasteiger partial charge in [0, 0.05) is 32.3 Å². The molecular formula is C27H30F3N3O4. The van der Waals surface area contributed by atoms with Crippen molar-refractivity contribution in [1.82, 2.24) is 14.8 Å². The maximum Gasteiger partial charge on any atom is 0.573 e. The maximum absolute atomic E-state index is 13.5. The quantitative estimate of drug-likeness (QED) is 0.517. The molecule has 3 aliphatic rings. The Balaban J connectivity index is 1.18. The summed E-state index contributed by atoms with van der Waals surface area (Å²) in [6, 6.07) is 9.02. The van der Waals surface area contributed by atoms with Gasteiger partial charge in [0.25, 0.3) is 5.91 Å². The molecule has 1 aliphatic carbocycles. The molecule has 1 saturated carbocycles. The number of piperidine rings is 1. The molecule has 0 unspecified atom stereocenters. The Morgan fingerprint density at radius 2 is 1.84 bits per heavy atom. The molecule has 1 aromatic carbocycles. The second kappa shape index (κ2) is 10.6. The van der Waals surface area contributed by atoms with Crippen LogP contribution in [0.15, 0.2) is 42.6 Å². The van der Waals surface area contributed by atoms with E-state index in [1.807, 2.05) is 9.80 Å². The third kappa shape index (κ3) is 6.34. The Bertz CT molecular complexity index is 1120. The molecule has 0 spiro atoms. The number of ether oxygens (including phenoxy) is 2. The number of likely N-dealkylation sites (tertiary alicyclic amines) is 2. The summed E-state index contributed by atoms with van der Waals surface area (Å²) in [5, 5.41) is 0. The number of hydrogen-bond donors (Lipinski definition) is 0. The van der Waals surface area contributed by atoms with Crippen molar-refractivity contribution in [2.24, 2.45) is 11.8 Å². The molecule has 1 aromatic heterocycles. The molecule has 0 radical (unpaired) electrons. The average Bonchev–Trinajstić information content (AvgIpc) is 3.61. The summed E-state index contributed by atoms with van der Waals surface area (Å²) in [5.41, 5.74) is 1.22. The van der Waals surface area contributed by atoms with Gasteiger partial charge in [-0.05, 0) is 73.8 Å². The van der Waals surface area contributed by atoms with Crippen LogP contribution in [0.4, 0.5) is 13.2 Å². The van der Waals surface area contributed by atoms with E-state index in [4.69, 9.17) is 4.74 Å².